The van der Waals surface area contributed by atoms with Gasteiger partial charge in [-0.2, -0.15) is 0 Å². The molecule has 1 saturated heterocycles. The summed E-state index contributed by atoms with van der Waals surface area (Å²) in [5, 5.41) is 3.47. The summed E-state index contributed by atoms with van der Waals surface area (Å²) in [7, 11) is 0. The van der Waals surface area contributed by atoms with Gasteiger partial charge in [-0.15, -0.1) is 0 Å². The lowest BCUT2D eigenvalue weighted by Crippen LogP contribution is -2.33. The van der Waals surface area contributed by atoms with Crippen LogP contribution in [0.15, 0.2) is 5.11 Å². The van der Waals surface area contributed by atoms with E-state index in [4.69, 9.17) is 15.0 Å². The molecule has 1 heterocycles. The first-order valence-corrected chi connectivity index (χ1v) is 3.82. The average molecular weight is 171 g/mol. The molecule has 0 saturated carbocycles. The van der Waals surface area contributed by atoms with E-state index in [0.717, 1.165) is 0 Å². The van der Waals surface area contributed by atoms with Gasteiger partial charge in [-0.25, -0.2) is 0 Å². The van der Waals surface area contributed by atoms with Crippen LogP contribution in [0.4, 0.5) is 0 Å². The number of nitrogens with zero attached hydrogens (tertiary/aromatic N) is 3. The van der Waals surface area contributed by atoms with E-state index in [2.05, 4.69) is 10.0 Å². The van der Waals surface area contributed by atoms with Crippen LogP contribution in [0.3, 0.4) is 0 Å². The lowest BCUT2D eigenvalue weighted by atomic mass is 10.1. The summed E-state index contributed by atoms with van der Waals surface area (Å²) < 4.78 is 10.9. The minimum atomic E-state index is -0.556. The van der Waals surface area contributed by atoms with E-state index in [-0.39, 0.29) is 0 Å². The van der Waals surface area contributed by atoms with E-state index in [9.17, 15) is 0 Å². The Hall–Kier alpha value is -0.770. The lowest BCUT2D eigenvalue weighted by molar-refractivity contribution is -0.155. The van der Waals surface area contributed by atoms with Gasteiger partial charge in [0.1, 0.15) is 0 Å². The van der Waals surface area contributed by atoms with Gasteiger partial charge in [0.05, 0.1) is 18.8 Å². The largest absolute Gasteiger partial charge is 0.348 e. The van der Waals surface area contributed by atoms with Crippen molar-refractivity contribution in [1.29, 1.82) is 0 Å². The maximum atomic E-state index is 8.13. The fourth-order valence-corrected chi connectivity index (χ4v) is 1.24. The lowest BCUT2D eigenvalue weighted by Gasteiger charge is -2.22. The third kappa shape index (κ3) is 2.11. The Morgan fingerprint density at radius 2 is 2.17 bits per heavy atom. The van der Waals surface area contributed by atoms with E-state index < -0.39 is 11.4 Å². The molecule has 68 valence electrons. The number of azide groups is 1. The van der Waals surface area contributed by atoms with Gasteiger partial charge in [0.2, 0.25) is 0 Å². The smallest absolute Gasteiger partial charge is 0.163 e. The highest BCUT2D eigenvalue weighted by atomic mass is 16.8. The molecule has 1 fully saturated rings. The summed E-state index contributed by atoms with van der Waals surface area (Å²) in [6.07, 6.45) is 0. The molecule has 1 atom stereocenters. The highest BCUT2D eigenvalue weighted by Crippen LogP contribution is 2.30. The first kappa shape index (κ1) is 9.32. The predicted molar refractivity (Wildman–Crippen MR) is 43.5 cm³/mol. The second-order valence-corrected chi connectivity index (χ2v) is 3.63. The molecular weight excluding hydrogens is 158 g/mol. The second-order valence-electron chi connectivity index (χ2n) is 3.63. The molecule has 0 amide bonds. The number of rotatable bonds is 2. The van der Waals surface area contributed by atoms with Crippen molar-refractivity contribution in [1.82, 2.24) is 0 Å². The molecule has 0 aromatic heterocycles. The highest BCUT2D eigenvalue weighted by molar-refractivity contribution is 4.85. The number of hydrogen-bond acceptors (Lipinski definition) is 3. The van der Waals surface area contributed by atoms with Crippen LogP contribution >= 0.6 is 0 Å². The van der Waals surface area contributed by atoms with Gasteiger partial charge in [-0.05, 0) is 26.3 Å². The van der Waals surface area contributed by atoms with Crippen LogP contribution in [0.1, 0.15) is 20.8 Å². The van der Waals surface area contributed by atoms with Gasteiger partial charge in [0.25, 0.3) is 0 Å². The maximum absolute atomic E-state index is 8.13. The molecule has 0 spiro atoms. The zero-order valence-electron chi connectivity index (χ0n) is 7.57. The zero-order chi connectivity index (χ0) is 9.24. The van der Waals surface area contributed by atoms with Crippen LogP contribution in [-0.4, -0.2) is 24.5 Å². The molecule has 0 aliphatic carbocycles. The van der Waals surface area contributed by atoms with E-state index in [1.165, 1.54) is 0 Å². The summed E-state index contributed by atoms with van der Waals surface area (Å²) in [5.74, 6) is -0.556. The molecular formula is C7H13N3O2. The van der Waals surface area contributed by atoms with Crippen molar-refractivity contribution in [3.8, 4) is 0 Å². The summed E-state index contributed by atoms with van der Waals surface area (Å²) in [4.78, 5) is 2.68. The SMILES string of the molecule is CC1(C)OC[C@@](C)(CN=[N+]=[N-])O1. The Balaban J connectivity index is 2.58. The first-order valence-electron chi connectivity index (χ1n) is 3.82. The number of hydrogen-bond donors (Lipinski definition) is 0. The molecule has 5 nitrogen and oxygen atoms in total. The minimum Gasteiger partial charge on any atom is -0.348 e. The van der Waals surface area contributed by atoms with Crippen molar-refractivity contribution in [3.63, 3.8) is 0 Å². The first-order chi connectivity index (χ1) is 5.47. The van der Waals surface area contributed by atoms with Gasteiger partial charge < -0.3 is 9.47 Å². The van der Waals surface area contributed by atoms with Gasteiger partial charge in [-0.3, -0.25) is 0 Å². The fraction of sp³-hybridized carbons (Fsp3) is 1.00. The molecule has 1 aliphatic heterocycles. The van der Waals surface area contributed by atoms with Crippen LogP contribution in [0, 0.1) is 0 Å². The molecule has 0 aromatic rings. The molecule has 12 heavy (non-hydrogen) atoms. The van der Waals surface area contributed by atoms with Crippen molar-refractivity contribution < 1.29 is 9.47 Å². The highest BCUT2D eigenvalue weighted by Gasteiger charge is 2.41. The standard InChI is InChI=1S/C7H13N3O2/c1-6(2)11-5-7(3,12-6)4-9-10-8/h4-5H2,1-3H3/t7-/m1/s1. The van der Waals surface area contributed by atoms with Crippen molar-refractivity contribution in [2.45, 2.75) is 32.2 Å². The van der Waals surface area contributed by atoms with Crippen LogP contribution in [0.25, 0.3) is 10.4 Å². The molecule has 5 heteroatoms. The summed E-state index contributed by atoms with van der Waals surface area (Å²) in [6.45, 7) is 6.34. The average Bonchev–Trinajstić information content (AvgIpc) is 2.23. The van der Waals surface area contributed by atoms with Crippen LogP contribution < -0.4 is 0 Å². The van der Waals surface area contributed by atoms with Gasteiger partial charge >= 0.3 is 0 Å². The molecule has 0 unspecified atom stereocenters. The number of ether oxygens (including phenoxy) is 2. The summed E-state index contributed by atoms with van der Waals surface area (Å²) in [5.41, 5.74) is 7.67. The maximum Gasteiger partial charge on any atom is 0.163 e. The Bertz CT molecular complexity index is 223. The Morgan fingerprint density at radius 3 is 2.58 bits per heavy atom. The van der Waals surface area contributed by atoms with Crippen LogP contribution in [-0.2, 0) is 9.47 Å². The van der Waals surface area contributed by atoms with Crippen molar-refractivity contribution in [3.05, 3.63) is 10.4 Å². The molecule has 1 rings (SSSR count). The quantitative estimate of drug-likeness (QED) is 0.361. The molecule has 1 aliphatic rings. The summed E-state index contributed by atoms with van der Waals surface area (Å²) in [6, 6.07) is 0. The predicted octanol–water partition coefficient (Wildman–Crippen LogP) is 1.84. The van der Waals surface area contributed by atoms with Crippen LogP contribution in [0.2, 0.25) is 0 Å². The van der Waals surface area contributed by atoms with Crippen LogP contribution in [0.5, 0.6) is 0 Å². The molecule has 0 radical (unpaired) electrons. The van der Waals surface area contributed by atoms with Crippen molar-refractivity contribution in [2.24, 2.45) is 5.11 Å². The minimum absolute atomic E-state index is 0.312. The van der Waals surface area contributed by atoms with E-state index in [1.807, 2.05) is 20.8 Å². The van der Waals surface area contributed by atoms with Crippen molar-refractivity contribution in [2.75, 3.05) is 13.2 Å². The Morgan fingerprint density at radius 1 is 1.50 bits per heavy atom. The van der Waals surface area contributed by atoms with Gasteiger partial charge in [0, 0.05) is 4.91 Å². The second kappa shape index (κ2) is 2.94. The topological polar surface area (TPSA) is 67.2 Å². The fourth-order valence-electron chi connectivity index (χ4n) is 1.24. The monoisotopic (exact) mass is 171 g/mol. The molecule has 0 bridgehead atoms. The van der Waals surface area contributed by atoms with Gasteiger partial charge in [-0.1, -0.05) is 5.11 Å². The van der Waals surface area contributed by atoms with E-state index >= 15 is 0 Å². The third-order valence-electron chi connectivity index (χ3n) is 1.69. The Labute approximate surface area is 71.3 Å². The zero-order valence-corrected chi connectivity index (χ0v) is 7.57. The third-order valence-corrected chi connectivity index (χ3v) is 1.69. The van der Waals surface area contributed by atoms with E-state index in [0.29, 0.717) is 13.2 Å². The summed E-state index contributed by atoms with van der Waals surface area (Å²) >= 11 is 0. The molecule has 0 aromatic carbocycles. The normalized spacial score (nSPS) is 32.9. The van der Waals surface area contributed by atoms with Crippen molar-refractivity contribution >= 4 is 0 Å². The van der Waals surface area contributed by atoms with Gasteiger partial charge in [0.15, 0.2) is 5.79 Å². The molecule has 0 N–H and O–H groups in total. The van der Waals surface area contributed by atoms with E-state index in [1.54, 1.807) is 0 Å². The Kier molecular flexibility index (Phi) is 2.28.